The van der Waals surface area contributed by atoms with E-state index in [0.717, 1.165) is 22.3 Å². The highest BCUT2D eigenvalue weighted by Gasteiger charge is 2.27. The summed E-state index contributed by atoms with van der Waals surface area (Å²) in [5.41, 5.74) is 4.21. The summed E-state index contributed by atoms with van der Waals surface area (Å²) in [4.78, 5) is 27.0. The van der Waals surface area contributed by atoms with Crippen LogP contribution >= 0.6 is 0 Å². The van der Waals surface area contributed by atoms with E-state index in [0.29, 0.717) is 35.8 Å². The number of hydrogen-bond donors (Lipinski definition) is 2. The van der Waals surface area contributed by atoms with Crippen molar-refractivity contribution in [3.8, 4) is 11.5 Å². The maximum Gasteiger partial charge on any atom is 0.321 e. The molecule has 3 amide bonds. The lowest BCUT2D eigenvalue weighted by atomic mass is 9.92. The van der Waals surface area contributed by atoms with Gasteiger partial charge in [0.25, 0.3) is 5.91 Å². The van der Waals surface area contributed by atoms with Gasteiger partial charge in [-0.05, 0) is 66.4 Å². The summed E-state index contributed by atoms with van der Waals surface area (Å²) in [6, 6.07) is 14.5. The van der Waals surface area contributed by atoms with Crippen LogP contribution in [0.1, 0.15) is 39.7 Å². The van der Waals surface area contributed by atoms with Gasteiger partial charge in [-0.2, -0.15) is 0 Å². The first kappa shape index (κ1) is 23.9. The summed E-state index contributed by atoms with van der Waals surface area (Å²) in [5, 5.41) is 5.57. The van der Waals surface area contributed by atoms with Gasteiger partial charge in [-0.3, -0.25) is 9.69 Å². The van der Waals surface area contributed by atoms with E-state index in [1.54, 1.807) is 50.6 Å². The second-order valence-electron chi connectivity index (χ2n) is 8.26. The Morgan fingerprint density at radius 3 is 2.43 bits per heavy atom. The van der Waals surface area contributed by atoms with Gasteiger partial charge in [0.15, 0.2) is 11.5 Å². The molecule has 182 valence electrons. The van der Waals surface area contributed by atoms with E-state index in [9.17, 15) is 9.59 Å². The Morgan fingerprint density at radius 2 is 1.80 bits per heavy atom. The highest BCUT2D eigenvalue weighted by atomic mass is 16.5. The minimum absolute atomic E-state index is 0.0871. The molecule has 0 spiro atoms. The molecular formula is C27H29N3O5. The Hall–Kier alpha value is -4.20. The number of furan rings is 1. The fourth-order valence-corrected chi connectivity index (χ4v) is 4.19. The van der Waals surface area contributed by atoms with Gasteiger partial charge in [0.1, 0.15) is 5.76 Å². The van der Waals surface area contributed by atoms with E-state index in [1.807, 2.05) is 43.5 Å². The molecule has 8 heteroatoms. The Bertz CT molecular complexity index is 1230. The highest BCUT2D eigenvalue weighted by Crippen LogP contribution is 2.39. The van der Waals surface area contributed by atoms with Crippen LogP contribution in [0.2, 0.25) is 0 Å². The molecule has 2 aromatic carbocycles. The number of methoxy groups -OCH3 is 2. The molecule has 2 N–H and O–H groups in total. The van der Waals surface area contributed by atoms with E-state index in [1.165, 1.54) is 0 Å². The minimum Gasteiger partial charge on any atom is -0.493 e. The summed E-state index contributed by atoms with van der Waals surface area (Å²) in [5.74, 6) is 1.72. The van der Waals surface area contributed by atoms with Gasteiger partial charge in [0, 0.05) is 30.4 Å². The molecule has 2 heterocycles. The molecule has 0 saturated heterocycles. The van der Waals surface area contributed by atoms with Gasteiger partial charge < -0.3 is 24.5 Å². The third-order valence-electron chi connectivity index (χ3n) is 6.07. The van der Waals surface area contributed by atoms with Crippen molar-refractivity contribution in [3.63, 3.8) is 0 Å². The molecule has 1 unspecified atom stereocenters. The molecule has 3 aromatic rings. The van der Waals surface area contributed by atoms with Gasteiger partial charge in [0.05, 0.1) is 27.0 Å². The molecule has 1 aliphatic heterocycles. The lowest BCUT2D eigenvalue weighted by Gasteiger charge is -2.24. The van der Waals surface area contributed by atoms with Gasteiger partial charge in [-0.15, -0.1) is 0 Å². The number of nitrogens with one attached hydrogen (secondary N) is 2. The lowest BCUT2D eigenvalue weighted by molar-refractivity contribution is 0.0948. The molecule has 0 fully saturated rings. The Morgan fingerprint density at radius 1 is 1.09 bits per heavy atom. The van der Waals surface area contributed by atoms with Crippen LogP contribution in [0.5, 0.6) is 11.5 Å². The van der Waals surface area contributed by atoms with E-state index in [-0.39, 0.29) is 18.0 Å². The maximum absolute atomic E-state index is 12.7. The average Bonchev–Trinajstić information content (AvgIpc) is 3.36. The third-order valence-corrected chi connectivity index (χ3v) is 6.07. The second-order valence-corrected chi connectivity index (χ2v) is 8.26. The van der Waals surface area contributed by atoms with Crippen molar-refractivity contribution in [2.24, 2.45) is 0 Å². The van der Waals surface area contributed by atoms with E-state index >= 15 is 0 Å². The van der Waals surface area contributed by atoms with Crippen LogP contribution in [-0.4, -0.2) is 44.1 Å². The van der Waals surface area contributed by atoms with Gasteiger partial charge in [-0.1, -0.05) is 12.1 Å². The number of hydrogen-bond acceptors (Lipinski definition) is 5. The Labute approximate surface area is 204 Å². The summed E-state index contributed by atoms with van der Waals surface area (Å²) < 4.78 is 16.3. The third kappa shape index (κ3) is 5.01. The van der Waals surface area contributed by atoms with Gasteiger partial charge in [-0.25, -0.2) is 4.79 Å². The zero-order chi connectivity index (χ0) is 24.9. The fourth-order valence-electron chi connectivity index (χ4n) is 4.19. The number of carbonyl (C=O) groups excluding carboxylic acids is 2. The molecule has 4 rings (SSSR count). The molecule has 0 radical (unpaired) electrons. The summed E-state index contributed by atoms with van der Waals surface area (Å²) in [6.45, 7) is 2.31. The first-order chi connectivity index (χ1) is 16.9. The van der Waals surface area contributed by atoms with E-state index in [2.05, 4.69) is 10.6 Å². The number of fused-ring (bicyclic) bond motifs is 1. The number of urea groups is 1. The quantitative estimate of drug-likeness (QED) is 0.557. The SMILES string of the molecule is CNC(=O)N1C=C(c2ccc(C(=O)NCc3ccco3)cc2)c2cc(OC)c(OC)cc2CC1C. The molecule has 1 aromatic heterocycles. The Kier molecular flexibility index (Phi) is 7.10. The zero-order valence-corrected chi connectivity index (χ0v) is 20.3. The lowest BCUT2D eigenvalue weighted by Crippen LogP contribution is -2.40. The van der Waals surface area contributed by atoms with Crippen LogP contribution in [-0.2, 0) is 13.0 Å². The van der Waals surface area contributed by atoms with Crippen LogP contribution < -0.4 is 20.1 Å². The van der Waals surface area contributed by atoms with Gasteiger partial charge in [0.2, 0.25) is 0 Å². The molecule has 0 bridgehead atoms. The number of rotatable bonds is 6. The number of benzene rings is 2. The molecule has 1 aliphatic rings. The topological polar surface area (TPSA) is 93.0 Å². The predicted octanol–water partition coefficient (Wildman–Crippen LogP) is 4.20. The zero-order valence-electron chi connectivity index (χ0n) is 20.3. The summed E-state index contributed by atoms with van der Waals surface area (Å²) in [7, 11) is 4.82. The maximum atomic E-state index is 12.7. The van der Waals surface area contributed by atoms with Crippen molar-refractivity contribution in [2.45, 2.75) is 25.9 Å². The monoisotopic (exact) mass is 475 g/mol. The highest BCUT2D eigenvalue weighted by molar-refractivity contribution is 5.95. The molecule has 0 saturated carbocycles. The standard InChI is InChI=1S/C27H29N3O5/c1-17-12-20-13-24(33-3)25(34-4)14-22(20)23(16-30(17)27(32)28-2)18-7-9-19(10-8-18)26(31)29-15-21-6-5-11-35-21/h5-11,13-14,16-17H,12,15H2,1-4H3,(H,28,32)(H,29,31). The number of carbonyl (C=O) groups is 2. The minimum atomic E-state index is -0.199. The number of ether oxygens (including phenoxy) is 2. The van der Waals surface area contributed by atoms with Crippen LogP contribution in [0.25, 0.3) is 5.57 Å². The van der Waals surface area contributed by atoms with Crippen molar-refractivity contribution in [2.75, 3.05) is 21.3 Å². The first-order valence-corrected chi connectivity index (χ1v) is 11.3. The van der Waals surface area contributed by atoms with Gasteiger partial charge >= 0.3 is 6.03 Å². The second kappa shape index (κ2) is 10.4. The summed E-state index contributed by atoms with van der Waals surface area (Å²) >= 11 is 0. The van der Waals surface area contributed by atoms with Crippen LogP contribution in [0.15, 0.2) is 65.4 Å². The van der Waals surface area contributed by atoms with Crippen LogP contribution in [0.4, 0.5) is 4.79 Å². The van der Waals surface area contributed by atoms with Crippen molar-refractivity contribution in [1.82, 2.24) is 15.5 Å². The molecule has 1 atom stereocenters. The number of nitrogens with zero attached hydrogens (tertiary/aromatic N) is 1. The summed E-state index contributed by atoms with van der Waals surface area (Å²) in [6.07, 6.45) is 4.06. The molecule has 0 aliphatic carbocycles. The van der Waals surface area contributed by atoms with Crippen molar-refractivity contribution >= 4 is 17.5 Å². The smallest absolute Gasteiger partial charge is 0.321 e. The van der Waals surface area contributed by atoms with Crippen molar-refractivity contribution in [3.05, 3.63) is 89.0 Å². The van der Waals surface area contributed by atoms with Crippen molar-refractivity contribution < 1.29 is 23.5 Å². The molecular weight excluding hydrogens is 446 g/mol. The van der Waals surface area contributed by atoms with Crippen molar-refractivity contribution in [1.29, 1.82) is 0 Å². The fraction of sp³-hybridized carbons (Fsp3) is 0.259. The largest absolute Gasteiger partial charge is 0.493 e. The Balaban J connectivity index is 1.71. The average molecular weight is 476 g/mol. The predicted molar refractivity (Wildman–Crippen MR) is 132 cm³/mol. The number of amides is 3. The van der Waals surface area contributed by atoms with Crippen LogP contribution in [0, 0.1) is 0 Å². The van der Waals surface area contributed by atoms with Crippen LogP contribution in [0.3, 0.4) is 0 Å². The van der Waals surface area contributed by atoms with E-state index in [4.69, 9.17) is 13.9 Å². The molecule has 8 nitrogen and oxygen atoms in total. The normalized spacial score (nSPS) is 14.9. The van der Waals surface area contributed by atoms with E-state index < -0.39 is 0 Å². The first-order valence-electron chi connectivity index (χ1n) is 11.3. The molecule has 35 heavy (non-hydrogen) atoms.